The number of nitrogens with two attached hydrogens (primary N) is 1. The lowest BCUT2D eigenvalue weighted by Gasteiger charge is -2.25. The first-order chi connectivity index (χ1) is 15.4. The lowest BCUT2D eigenvalue weighted by atomic mass is 9.86. The van der Waals surface area contributed by atoms with Crippen LogP contribution in [0.1, 0.15) is 47.2 Å². The molecule has 1 unspecified atom stereocenters. The van der Waals surface area contributed by atoms with Gasteiger partial charge in [-0.25, -0.2) is 4.79 Å². The summed E-state index contributed by atoms with van der Waals surface area (Å²) in [5.74, 6) is -0.572. The van der Waals surface area contributed by atoms with E-state index in [0.717, 1.165) is 58.7 Å². The van der Waals surface area contributed by atoms with Crippen molar-refractivity contribution in [3.63, 3.8) is 0 Å². The fourth-order valence-electron chi connectivity index (χ4n) is 5.60. The second kappa shape index (κ2) is 8.24. The Morgan fingerprint density at radius 2 is 1.88 bits per heavy atom. The Labute approximate surface area is 188 Å². The summed E-state index contributed by atoms with van der Waals surface area (Å²) in [5, 5.41) is 4.03. The maximum absolute atomic E-state index is 12.8. The highest BCUT2D eigenvalue weighted by Gasteiger charge is 2.45. The predicted octanol–water partition coefficient (Wildman–Crippen LogP) is 2.46. The molecule has 2 N–H and O–H groups in total. The number of hydrogen-bond donors (Lipinski definition) is 1. The summed E-state index contributed by atoms with van der Waals surface area (Å²) < 4.78 is 1.23. The molecule has 5 rings (SSSR count). The summed E-state index contributed by atoms with van der Waals surface area (Å²) in [6.45, 7) is 9.02. The first-order valence-corrected chi connectivity index (χ1v) is 11.6. The molecule has 3 aliphatic heterocycles. The number of rotatable bonds is 4. The fourth-order valence-corrected chi connectivity index (χ4v) is 5.60. The Kier molecular flexibility index (Phi) is 5.41. The van der Waals surface area contributed by atoms with Gasteiger partial charge in [0.25, 0.3) is 5.91 Å². The standard InChI is InChI=1S/C24H32N6O2/c1-18-4-5-19(12-21(18)28-8-2-3-9-28)14-27-10-6-24(16-27)7-11-29(17-24)23(32)30-15-20(13-26-30)22(25)31/h4-5,12-13,15H,2-3,6-11,14,16-17H2,1H3,(H2,25,31). The van der Waals surface area contributed by atoms with Gasteiger partial charge in [-0.3, -0.25) is 9.69 Å². The van der Waals surface area contributed by atoms with Gasteiger partial charge in [-0.1, -0.05) is 12.1 Å². The third-order valence-corrected chi connectivity index (χ3v) is 7.42. The summed E-state index contributed by atoms with van der Waals surface area (Å²) in [6, 6.07) is 6.72. The Bertz CT molecular complexity index is 1030. The van der Waals surface area contributed by atoms with Crippen LogP contribution in [0.2, 0.25) is 0 Å². The van der Waals surface area contributed by atoms with Gasteiger partial charge in [0.1, 0.15) is 0 Å². The van der Waals surface area contributed by atoms with E-state index in [1.54, 1.807) is 0 Å². The summed E-state index contributed by atoms with van der Waals surface area (Å²) in [7, 11) is 0. The minimum Gasteiger partial charge on any atom is -0.371 e. The molecule has 3 saturated heterocycles. The predicted molar refractivity (Wildman–Crippen MR) is 123 cm³/mol. The molecule has 170 valence electrons. The number of hydrogen-bond acceptors (Lipinski definition) is 5. The van der Waals surface area contributed by atoms with E-state index >= 15 is 0 Å². The van der Waals surface area contributed by atoms with Crippen molar-refractivity contribution >= 4 is 17.6 Å². The van der Waals surface area contributed by atoms with Crippen LogP contribution < -0.4 is 10.6 Å². The van der Waals surface area contributed by atoms with E-state index in [2.05, 4.69) is 40.0 Å². The van der Waals surface area contributed by atoms with E-state index in [1.807, 2.05) is 4.90 Å². The molecule has 0 radical (unpaired) electrons. The summed E-state index contributed by atoms with van der Waals surface area (Å²) in [4.78, 5) is 31.1. The minimum absolute atomic E-state index is 0.151. The van der Waals surface area contributed by atoms with Crippen LogP contribution in [0, 0.1) is 12.3 Å². The number of primary amides is 1. The Hall–Kier alpha value is -2.87. The number of carbonyl (C=O) groups excluding carboxylic acids is 2. The van der Waals surface area contributed by atoms with Crippen LogP contribution in [0.5, 0.6) is 0 Å². The van der Waals surface area contributed by atoms with E-state index in [1.165, 1.54) is 46.7 Å². The van der Waals surface area contributed by atoms with Crippen LogP contribution in [0.3, 0.4) is 0 Å². The maximum atomic E-state index is 12.8. The quantitative estimate of drug-likeness (QED) is 0.796. The number of likely N-dealkylation sites (tertiary alicyclic amines) is 2. The van der Waals surface area contributed by atoms with Crippen LogP contribution in [0.4, 0.5) is 10.5 Å². The molecule has 4 heterocycles. The molecular formula is C24H32N6O2. The molecule has 8 heteroatoms. The number of aryl methyl sites for hydroxylation is 1. The van der Waals surface area contributed by atoms with Crippen molar-refractivity contribution < 1.29 is 9.59 Å². The van der Waals surface area contributed by atoms with Crippen LogP contribution in [-0.4, -0.2) is 70.8 Å². The van der Waals surface area contributed by atoms with Gasteiger partial charge in [0.15, 0.2) is 0 Å². The topological polar surface area (TPSA) is 87.7 Å². The molecule has 1 aromatic carbocycles. The minimum atomic E-state index is -0.572. The van der Waals surface area contributed by atoms with Crippen molar-refractivity contribution in [2.75, 3.05) is 44.2 Å². The second-order valence-corrected chi connectivity index (χ2v) is 9.77. The van der Waals surface area contributed by atoms with Crippen molar-refractivity contribution in [1.82, 2.24) is 19.6 Å². The SMILES string of the molecule is Cc1ccc(CN2CCC3(CCN(C(=O)n4cc(C(N)=O)cn4)C3)C2)cc1N1CCCC1. The third-order valence-electron chi connectivity index (χ3n) is 7.42. The van der Waals surface area contributed by atoms with Gasteiger partial charge in [0, 0.05) is 56.6 Å². The van der Waals surface area contributed by atoms with Gasteiger partial charge in [0.2, 0.25) is 0 Å². The number of benzene rings is 1. The van der Waals surface area contributed by atoms with Crippen LogP contribution in [0.25, 0.3) is 0 Å². The van der Waals surface area contributed by atoms with E-state index in [0.29, 0.717) is 0 Å². The molecule has 32 heavy (non-hydrogen) atoms. The van der Waals surface area contributed by atoms with Crippen LogP contribution >= 0.6 is 0 Å². The Morgan fingerprint density at radius 1 is 1.09 bits per heavy atom. The molecule has 0 aliphatic carbocycles. The molecular weight excluding hydrogens is 404 g/mol. The molecule has 8 nitrogen and oxygen atoms in total. The highest BCUT2D eigenvalue weighted by Crippen LogP contribution is 2.40. The van der Waals surface area contributed by atoms with E-state index < -0.39 is 5.91 Å². The zero-order chi connectivity index (χ0) is 22.3. The zero-order valence-corrected chi connectivity index (χ0v) is 18.8. The van der Waals surface area contributed by atoms with Gasteiger partial charge < -0.3 is 15.5 Å². The average Bonchev–Trinajstić information content (AvgIpc) is 3.58. The first-order valence-electron chi connectivity index (χ1n) is 11.6. The summed E-state index contributed by atoms with van der Waals surface area (Å²) >= 11 is 0. The van der Waals surface area contributed by atoms with Crippen molar-refractivity contribution in [1.29, 1.82) is 0 Å². The van der Waals surface area contributed by atoms with Gasteiger partial charge in [-0.05, 0) is 56.3 Å². The van der Waals surface area contributed by atoms with E-state index in [9.17, 15) is 9.59 Å². The number of nitrogens with zero attached hydrogens (tertiary/aromatic N) is 5. The van der Waals surface area contributed by atoms with Gasteiger partial charge in [0.05, 0.1) is 11.8 Å². The normalized spacial score (nSPS) is 23.5. The van der Waals surface area contributed by atoms with Gasteiger partial charge in [-0.2, -0.15) is 9.78 Å². The largest absolute Gasteiger partial charge is 0.371 e. The van der Waals surface area contributed by atoms with Gasteiger partial charge in [-0.15, -0.1) is 0 Å². The summed E-state index contributed by atoms with van der Waals surface area (Å²) in [5.41, 5.74) is 9.81. The van der Waals surface area contributed by atoms with E-state index in [-0.39, 0.29) is 17.0 Å². The second-order valence-electron chi connectivity index (χ2n) is 9.77. The molecule has 1 atom stereocenters. The molecule has 0 saturated carbocycles. The molecule has 1 aromatic heterocycles. The smallest absolute Gasteiger partial charge is 0.344 e. The number of amides is 2. The Balaban J connectivity index is 1.21. The molecule has 0 bridgehead atoms. The van der Waals surface area contributed by atoms with Crippen LogP contribution in [-0.2, 0) is 6.54 Å². The molecule has 1 spiro atoms. The van der Waals surface area contributed by atoms with Crippen molar-refractivity contribution in [3.8, 4) is 0 Å². The number of carbonyl (C=O) groups is 2. The van der Waals surface area contributed by atoms with E-state index in [4.69, 9.17) is 5.73 Å². The highest BCUT2D eigenvalue weighted by molar-refractivity contribution is 5.93. The zero-order valence-electron chi connectivity index (χ0n) is 18.8. The average molecular weight is 437 g/mol. The molecule has 2 amide bonds. The van der Waals surface area contributed by atoms with Crippen molar-refractivity contribution in [3.05, 3.63) is 47.3 Å². The fraction of sp³-hybridized carbons (Fsp3) is 0.542. The van der Waals surface area contributed by atoms with Gasteiger partial charge >= 0.3 is 6.03 Å². The molecule has 3 fully saturated rings. The monoisotopic (exact) mass is 436 g/mol. The Morgan fingerprint density at radius 3 is 2.62 bits per heavy atom. The lowest BCUT2D eigenvalue weighted by Crippen LogP contribution is -2.36. The number of anilines is 1. The number of aromatic nitrogens is 2. The van der Waals surface area contributed by atoms with Crippen LogP contribution in [0.15, 0.2) is 30.6 Å². The van der Waals surface area contributed by atoms with Crippen molar-refractivity contribution in [2.45, 2.75) is 39.2 Å². The lowest BCUT2D eigenvalue weighted by molar-refractivity contribution is 0.100. The first kappa shape index (κ1) is 21.0. The van der Waals surface area contributed by atoms with Crippen molar-refractivity contribution in [2.24, 2.45) is 11.1 Å². The highest BCUT2D eigenvalue weighted by atomic mass is 16.2. The third kappa shape index (κ3) is 3.99. The molecule has 2 aromatic rings. The maximum Gasteiger partial charge on any atom is 0.344 e. The summed E-state index contributed by atoms with van der Waals surface area (Å²) in [6.07, 6.45) is 7.46. The molecule has 3 aliphatic rings.